The van der Waals surface area contributed by atoms with Crippen molar-refractivity contribution in [3.05, 3.63) is 42.5 Å². The second-order valence-electron chi connectivity index (χ2n) is 7.83. The Labute approximate surface area is 161 Å². The Hall–Kier alpha value is -2.18. The lowest BCUT2D eigenvalue weighted by Crippen LogP contribution is -2.52. The minimum Gasteiger partial charge on any atom is -0.447 e. The smallest absolute Gasteiger partial charge is 0.234 e. The van der Waals surface area contributed by atoms with Crippen LogP contribution in [0, 0.1) is 0 Å². The number of nitrogens with zero attached hydrogens (tertiary/aromatic N) is 3. The van der Waals surface area contributed by atoms with Crippen LogP contribution in [-0.2, 0) is 11.3 Å². The summed E-state index contributed by atoms with van der Waals surface area (Å²) in [5, 5.41) is 3.10. The van der Waals surface area contributed by atoms with Gasteiger partial charge in [0.05, 0.1) is 13.1 Å². The highest BCUT2D eigenvalue weighted by Crippen LogP contribution is 2.19. The van der Waals surface area contributed by atoms with Crippen molar-refractivity contribution >= 4 is 5.91 Å². The van der Waals surface area contributed by atoms with Crippen LogP contribution in [0.5, 0.6) is 0 Å². The summed E-state index contributed by atoms with van der Waals surface area (Å²) in [6.07, 6.45) is 2.65. The molecule has 2 heterocycles. The molecule has 0 atom stereocenters. The molecule has 0 unspecified atom stereocenters. The zero-order valence-corrected chi connectivity index (χ0v) is 16.6. The number of rotatable bonds is 7. The Morgan fingerprint density at radius 3 is 2.48 bits per heavy atom. The van der Waals surface area contributed by atoms with Gasteiger partial charge in [0.2, 0.25) is 11.8 Å². The molecule has 27 heavy (non-hydrogen) atoms. The van der Waals surface area contributed by atoms with Crippen LogP contribution in [0.4, 0.5) is 0 Å². The van der Waals surface area contributed by atoms with Crippen LogP contribution < -0.4 is 5.32 Å². The quantitative estimate of drug-likeness (QED) is 0.812. The molecule has 0 radical (unpaired) electrons. The molecule has 1 aliphatic rings. The van der Waals surface area contributed by atoms with Crippen LogP contribution >= 0.6 is 0 Å². The van der Waals surface area contributed by atoms with Crippen LogP contribution in [0.3, 0.4) is 0 Å². The molecule has 3 rings (SSSR count). The summed E-state index contributed by atoms with van der Waals surface area (Å²) in [5.41, 5.74) is 1.80. The molecule has 0 saturated carbocycles. The summed E-state index contributed by atoms with van der Waals surface area (Å²) in [7, 11) is 0. The molecule has 1 aromatic carbocycles. The predicted octanol–water partition coefficient (Wildman–Crippen LogP) is 2.76. The number of benzene rings is 1. The molecule has 2 aromatic rings. The first kappa shape index (κ1) is 19.6. The monoisotopic (exact) mass is 370 g/mol. The highest BCUT2D eigenvalue weighted by molar-refractivity contribution is 5.78. The largest absolute Gasteiger partial charge is 0.447 e. The van der Waals surface area contributed by atoms with Crippen molar-refractivity contribution in [1.82, 2.24) is 20.1 Å². The van der Waals surface area contributed by atoms with Crippen molar-refractivity contribution in [3.8, 4) is 11.3 Å². The van der Waals surface area contributed by atoms with Gasteiger partial charge < -0.3 is 9.73 Å². The van der Waals surface area contributed by atoms with Crippen molar-refractivity contribution in [2.75, 3.05) is 32.7 Å². The third-order valence-corrected chi connectivity index (χ3v) is 5.17. The first-order chi connectivity index (χ1) is 12.9. The van der Waals surface area contributed by atoms with Crippen molar-refractivity contribution in [2.24, 2.45) is 0 Å². The second kappa shape index (κ2) is 8.67. The van der Waals surface area contributed by atoms with E-state index >= 15 is 0 Å². The molecule has 1 aliphatic heterocycles. The first-order valence-corrected chi connectivity index (χ1v) is 9.71. The van der Waals surface area contributed by atoms with Crippen molar-refractivity contribution in [2.45, 2.75) is 39.3 Å². The summed E-state index contributed by atoms with van der Waals surface area (Å²) < 4.78 is 5.65. The van der Waals surface area contributed by atoms with E-state index in [4.69, 9.17) is 4.42 Å². The molecule has 6 nitrogen and oxygen atoms in total. The van der Waals surface area contributed by atoms with Gasteiger partial charge in [-0.25, -0.2) is 4.98 Å². The predicted molar refractivity (Wildman–Crippen MR) is 106 cm³/mol. The van der Waals surface area contributed by atoms with Crippen LogP contribution in [0.2, 0.25) is 0 Å². The van der Waals surface area contributed by atoms with Gasteiger partial charge in [-0.1, -0.05) is 37.3 Å². The van der Waals surface area contributed by atoms with Gasteiger partial charge in [-0.2, -0.15) is 0 Å². The lowest BCUT2D eigenvalue weighted by atomic mass is 10.0. The van der Waals surface area contributed by atoms with E-state index in [1.165, 1.54) is 0 Å². The van der Waals surface area contributed by atoms with Gasteiger partial charge in [0.25, 0.3) is 0 Å². The Kier molecular flexibility index (Phi) is 6.29. The Balaban J connectivity index is 1.45. The van der Waals surface area contributed by atoms with Crippen molar-refractivity contribution in [1.29, 1.82) is 0 Å². The van der Waals surface area contributed by atoms with E-state index in [9.17, 15) is 4.79 Å². The Morgan fingerprint density at radius 1 is 1.15 bits per heavy atom. The minimum absolute atomic E-state index is 0.107. The normalized spacial score (nSPS) is 16.4. The average Bonchev–Trinajstić information content (AvgIpc) is 3.12. The van der Waals surface area contributed by atoms with E-state index in [-0.39, 0.29) is 11.4 Å². The highest BCUT2D eigenvalue weighted by Gasteiger charge is 2.23. The third-order valence-electron chi connectivity index (χ3n) is 5.17. The molecule has 1 fully saturated rings. The summed E-state index contributed by atoms with van der Waals surface area (Å²) in [6.45, 7) is 11.0. The third kappa shape index (κ3) is 5.65. The number of carbonyl (C=O) groups is 1. The highest BCUT2D eigenvalue weighted by atomic mass is 16.3. The Morgan fingerprint density at radius 2 is 1.81 bits per heavy atom. The maximum atomic E-state index is 12.2. The molecule has 0 spiro atoms. The number of amides is 1. The maximum absolute atomic E-state index is 12.2. The number of hydrogen-bond donors (Lipinski definition) is 1. The molecule has 1 N–H and O–H groups in total. The minimum atomic E-state index is -0.139. The van der Waals surface area contributed by atoms with Gasteiger partial charge in [-0.3, -0.25) is 14.6 Å². The van der Waals surface area contributed by atoms with Crippen molar-refractivity contribution in [3.63, 3.8) is 0 Å². The van der Waals surface area contributed by atoms with Gasteiger partial charge in [0, 0.05) is 37.3 Å². The summed E-state index contributed by atoms with van der Waals surface area (Å²) in [4.78, 5) is 21.3. The number of nitrogens with one attached hydrogen (secondary N) is 1. The molecule has 146 valence electrons. The molecule has 1 amide bonds. The van der Waals surface area contributed by atoms with E-state index < -0.39 is 0 Å². The number of aromatic nitrogens is 1. The van der Waals surface area contributed by atoms with Gasteiger partial charge in [-0.05, 0) is 20.3 Å². The number of carbonyl (C=O) groups excluding carboxylic acids is 1. The zero-order valence-electron chi connectivity index (χ0n) is 16.6. The van der Waals surface area contributed by atoms with Crippen LogP contribution in [0.1, 0.15) is 33.1 Å². The van der Waals surface area contributed by atoms with E-state index in [0.717, 1.165) is 49.7 Å². The van der Waals surface area contributed by atoms with E-state index in [2.05, 4.69) is 40.9 Å². The van der Waals surface area contributed by atoms with E-state index in [0.29, 0.717) is 13.1 Å². The maximum Gasteiger partial charge on any atom is 0.234 e. The zero-order chi connectivity index (χ0) is 19.3. The van der Waals surface area contributed by atoms with Crippen LogP contribution in [0.25, 0.3) is 11.3 Å². The molecule has 6 heteroatoms. The fourth-order valence-corrected chi connectivity index (χ4v) is 3.13. The van der Waals surface area contributed by atoms with Gasteiger partial charge >= 0.3 is 0 Å². The fraction of sp³-hybridized carbons (Fsp3) is 0.524. The van der Waals surface area contributed by atoms with Crippen LogP contribution in [0.15, 0.2) is 41.0 Å². The summed E-state index contributed by atoms with van der Waals surface area (Å²) in [5.74, 6) is 0.847. The topological polar surface area (TPSA) is 61.6 Å². The van der Waals surface area contributed by atoms with Crippen LogP contribution in [-0.4, -0.2) is 59.0 Å². The SMILES string of the molecule is CCC(C)(C)NC(=O)CN1CCN(Cc2nc(-c3ccccc3)co2)CC1. The molecular weight excluding hydrogens is 340 g/mol. The molecular formula is C21H30N4O2. The molecule has 0 bridgehead atoms. The van der Waals surface area contributed by atoms with Crippen molar-refractivity contribution < 1.29 is 9.21 Å². The van der Waals surface area contributed by atoms with E-state index in [1.807, 2.05) is 30.3 Å². The molecule has 1 saturated heterocycles. The average molecular weight is 370 g/mol. The molecule has 0 aliphatic carbocycles. The fourth-order valence-electron chi connectivity index (χ4n) is 3.13. The van der Waals surface area contributed by atoms with E-state index in [1.54, 1.807) is 6.26 Å². The van der Waals surface area contributed by atoms with Gasteiger partial charge in [-0.15, -0.1) is 0 Å². The first-order valence-electron chi connectivity index (χ1n) is 9.71. The lowest BCUT2D eigenvalue weighted by Gasteiger charge is -2.34. The summed E-state index contributed by atoms with van der Waals surface area (Å²) in [6, 6.07) is 10.1. The number of piperazine rings is 1. The second-order valence-corrected chi connectivity index (χ2v) is 7.83. The standard InChI is InChI=1S/C21H30N4O2/c1-4-21(2,3)23-19(26)14-24-10-12-25(13-11-24)15-20-22-18(16-27-20)17-8-6-5-7-9-17/h5-9,16H,4,10-15H2,1-3H3,(H,23,26). The molecule has 1 aromatic heterocycles. The summed E-state index contributed by atoms with van der Waals surface area (Å²) >= 11 is 0. The Bertz CT molecular complexity index is 734. The van der Waals surface area contributed by atoms with Gasteiger partial charge in [0.15, 0.2) is 0 Å². The lowest BCUT2D eigenvalue weighted by molar-refractivity contribution is -0.124. The number of hydrogen-bond acceptors (Lipinski definition) is 5. The number of oxazole rings is 1. The van der Waals surface area contributed by atoms with Gasteiger partial charge in [0.1, 0.15) is 12.0 Å².